The monoisotopic (exact) mass is 344 g/mol. The summed E-state index contributed by atoms with van der Waals surface area (Å²) in [6, 6.07) is 2.28. The highest BCUT2D eigenvalue weighted by molar-refractivity contribution is 9.10. The zero-order valence-electron chi connectivity index (χ0n) is 9.32. The van der Waals surface area contributed by atoms with Crippen LogP contribution in [0.2, 0.25) is 0 Å². The van der Waals surface area contributed by atoms with Crippen molar-refractivity contribution in [3.8, 4) is 0 Å². The molecule has 0 aliphatic rings. The van der Waals surface area contributed by atoms with Gasteiger partial charge in [0, 0.05) is 4.47 Å². The number of benzene rings is 1. The van der Waals surface area contributed by atoms with Gasteiger partial charge in [0.15, 0.2) is 11.6 Å². The highest BCUT2D eigenvalue weighted by Gasteiger charge is 2.11. The van der Waals surface area contributed by atoms with Gasteiger partial charge >= 0.3 is 0 Å². The third kappa shape index (κ3) is 3.21. The molecule has 0 spiro atoms. The minimum atomic E-state index is -0.743. The van der Waals surface area contributed by atoms with Crippen molar-refractivity contribution < 1.29 is 8.78 Å². The van der Waals surface area contributed by atoms with Gasteiger partial charge in [-0.1, -0.05) is 28.1 Å². The first-order chi connectivity index (χ1) is 8.97. The van der Waals surface area contributed by atoms with Crippen LogP contribution < -0.4 is 11.1 Å². The number of nitrogens with one attached hydrogen (secondary N) is 1. The number of hydrogen-bond donors (Lipinski definition) is 2. The van der Waals surface area contributed by atoms with Crippen LogP contribution in [0.1, 0.15) is 5.69 Å². The van der Waals surface area contributed by atoms with Gasteiger partial charge in [0.05, 0.1) is 12.4 Å². The van der Waals surface area contributed by atoms with E-state index in [9.17, 15) is 8.78 Å². The highest BCUT2D eigenvalue weighted by atomic mass is 79.9. The Bertz CT molecular complexity index is 610. The molecule has 8 heteroatoms. The number of rotatable bonds is 3. The van der Waals surface area contributed by atoms with Crippen LogP contribution in [-0.4, -0.2) is 15.0 Å². The Hall–Kier alpha value is -1.67. The van der Waals surface area contributed by atoms with Gasteiger partial charge in [0.2, 0.25) is 0 Å². The van der Waals surface area contributed by atoms with Gasteiger partial charge in [-0.2, -0.15) is 0 Å². The van der Waals surface area contributed by atoms with E-state index in [0.29, 0.717) is 10.2 Å². The van der Waals surface area contributed by atoms with E-state index in [-0.39, 0.29) is 16.5 Å². The van der Waals surface area contributed by atoms with Crippen molar-refractivity contribution in [2.45, 2.75) is 0 Å². The van der Waals surface area contributed by atoms with E-state index in [2.05, 4.69) is 31.2 Å². The summed E-state index contributed by atoms with van der Waals surface area (Å²) in [6.45, 7) is 0. The van der Waals surface area contributed by atoms with Gasteiger partial charge < -0.3 is 11.1 Å². The van der Waals surface area contributed by atoms with Crippen LogP contribution in [0.5, 0.6) is 0 Å². The molecule has 0 saturated heterocycles. The molecule has 0 aliphatic heterocycles. The van der Waals surface area contributed by atoms with Crippen molar-refractivity contribution in [1.29, 1.82) is 0 Å². The molecule has 4 nitrogen and oxygen atoms in total. The van der Waals surface area contributed by atoms with Crippen molar-refractivity contribution in [2.24, 2.45) is 5.73 Å². The third-order valence-corrected chi connectivity index (χ3v) is 2.83. The maximum absolute atomic E-state index is 13.6. The Kier molecular flexibility index (Phi) is 4.01. The average molecular weight is 345 g/mol. The first kappa shape index (κ1) is 13.8. The summed E-state index contributed by atoms with van der Waals surface area (Å²) in [6.07, 6.45) is 2.61. The number of nitrogens with zero attached hydrogens (tertiary/aromatic N) is 2. The molecule has 2 aromatic rings. The first-order valence-electron chi connectivity index (χ1n) is 5.01. The van der Waals surface area contributed by atoms with Crippen LogP contribution in [0.4, 0.5) is 20.3 Å². The zero-order chi connectivity index (χ0) is 14.0. The fraction of sp³-hybridized carbons (Fsp3) is 0. The molecule has 1 heterocycles. The fourth-order valence-corrected chi connectivity index (χ4v) is 1.82. The van der Waals surface area contributed by atoms with Gasteiger partial charge in [-0.05, 0) is 12.1 Å². The van der Waals surface area contributed by atoms with E-state index in [1.54, 1.807) is 0 Å². The molecule has 1 aromatic heterocycles. The molecule has 2 rings (SSSR count). The number of anilines is 2. The van der Waals surface area contributed by atoms with Crippen molar-refractivity contribution in [1.82, 2.24) is 9.97 Å². The number of aromatic nitrogens is 2. The summed E-state index contributed by atoms with van der Waals surface area (Å²) in [5.74, 6) is -1.31. The molecule has 1 aromatic carbocycles. The smallest absolute Gasteiger partial charge is 0.150 e. The van der Waals surface area contributed by atoms with Gasteiger partial charge in [0.25, 0.3) is 0 Å². The summed E-state index contributed by atoms with van der Waals surface area (Å²) in [5.41, 5.74) is 5.39. The van der Waals surface area contributed by atoms with Crippen molar-refractivity contribution in [3.63, 3.8) is 0 Å². The number of halogens is 3. The van der Waals surface area contributed by atoms with Crippen LogP contribution in [0.15, 0.2) is 29.0 Å². The lowest BCUT2D eigenvalue weighted by Crippen LogP contribution is -2.12. The van der Waals surface area contributed by atoms with E-state index in [1.165, 1.54) is 12.4 Å². The summed E-state index contributed by atoms with van der Waals surface area (Å²) in [7, 11) is 0. The molecule has 19 heavy (non-hydrogen) atoms. The second-order valence-corrected chi connectivity index (χ2v) is 4.88. The molecule has 0 aliphatic carbocycles. The number of hydrogen-bond acceptors (Lipinski definition) is 4. The summed E-state index contributed by atoms with van der Waals surface area (Å²) in [5, 5.41) is 2.51. The van der Waals surface area contributed by atoms with Crippen LogP contribution in [0.3, 0.4) is 0 Å². The maximum atomic E-state index is 13.6. The second kappa shape index (κ2) is 5.54. The predicted octanol–water partition coefficient (Wildman–Crippen LogP) is 2.90. The Morgan fingerprint density at radius 2 is 1.84 bits per heavy atom. The summed E-state index contributed by atoms with van der Waals surface area (Å²) in [4.78, 5) is 7.92. The average Bonchev–Trinajstić information content (AvgIpc) is 2.34. The largest absolute Gasteiger partial charge is 0.388 e. The van der Waals surface area contributed by atoms with Gasteiger partial charge in [-0.3, -0.25) is 0 Å². The minimum Gasteiger partial charge on any atom is -0.388 e. The van der Waals surface area contributed by atoms with Crippen LogP contribution in [0.25, 0.3) is 0 Å². The van der Waals surface area contributed by atoms with Crippen molar-refractivity contribution in [2.75, 3.05) is 5.32 Å². The fourth-order valence-electron chi connectivity index (χ4n) is 1.31. The molecular formula is C11H7BrF2N4S. The molecule has 0 bridgehead atoms. The Balaban J connectivity index is 2.29. The first-order valence-corrected chi connectivity index (χ1v) is 6.21. The Morgan fingerprint density at radius 1 is 1.21 bits per heavy atom. The number of thiocarbonyl (C=S) groups is 1. The van der Waals surface area contributed by atoms with Crippen LogP contribution in [-0.2, 0) is 0 Å². The van der Waals surface area contributed by atoms with E-state index < -0.39 is 11.6 Å². The number of nitrogens with two attached hydrogens (primary N) is 1. The SMILES string of the molecule is NC(=S)c1cnc(Nc2c(F)cc(Br)cc2F)cn1. The molecule has 0 fully saturated rings. The molecule has 0 atom stereocenters. The highest BCUT2D eigenvalue weighted by Crippen LogP contribution is 2.25. The Morgan fingerprint density at radius 3 is 2.32 bits per heavy atom. The molecule has 3 N–H and O–H groups in total. The molecule has 0 unspecified atom stereocenters. The van der Waals surface area contributed by atoms with E-state index in [0.717, 1.165) is 12.1 Å². The van der Waals surface area contributed by atoms with Crippen molar-refractivity contribution >= 4 is 44.6 Å². The summed E-state index contributed by atoms with van der Waals surface area (Å²) >= 11 is 7.71. The topological polar surface area (TPSA) is 63.8 Å². The maximum Gasteiger partial charge on any atom is 0.150 e. The van der Waals surface area contributed by atoms with E-state index in [1.807, 2.05) is 0 Å². The lowest BCUT2D eigenvalue weighted by Gasteiger charge is -2.08. The molecule has 0 saturated carbocycles. The lowest BCUT2D eigenvalue weighted by atomic mass is 10.3. The standard InChI is InChI=1S/C11H7BrF2N4S/c12-5-1-6(13)10(7(14)2-5)18-9-4-16-8(3-17-9)11(15)19/h1-4H,(H2,15,19)(H,17,18). The van der Waals surface area contributed by atoms with E-state index in [4.69, 9.17) is 18.0 Å². The quantitative estimate of drug-likeness (QED) is 0.838. The van der Waals surface area contributed by atoms with Gasteiger partial charge in [-0.15, -0.1) is 0 Å². The summed E-state index contributed by atoms with van der Waals surface area (Å²) < 4.78 is 27.5. The zero-order valence-corrected chi connectivity index (χ0v) is 11.7. The third-order valence-electron chi connectivity index (χ3n) is 2.16. The normalized spacial score (nSPS) is 10.3. The van der Waals surface area contributed by atoms with Crippen molar-refractivity contribution in [3.05, 3.63) is 46.3 Å². The molecule has 0 radical (unpaired) electrons. The predicted molar refractivity (Wildman–Crippen MR) is 75.3 cm³/mol. The lowest BCUT2D eigenvalue weighted by molar-refractivity contribution is 0.589. The second-order valence-electron chi connectivity index (χ2n) is 3.52. The van der Waals surface area contributed by atoms with Crippen LogP contribution in [0, 0.1) is 11.6 Å². The van der Waals surface area contributed by atoms with Gasteiger partial charge in [0.1, 0.15) is 22.2 Å². The van der Waals surface area contributed by atoms with E-state index >= 15 is 0 Å². The Labute approximate surface area is 121 Å². The molecule has 0 amide bonds. The molecular weight excluding hydrogens is 338 g/mol. The molecule has 98 valence electrons. The van der Waals surface area contributed by atoms with Crippen LogP contribution >= 0.6 is 28.1 Å². The van der Waals surface area contributed by atoms with Gasteiger partial charge in [-0.25, -0.2) is 18.7 Å². The minimum absolute atomic E-state index is 0.0973.